The third kappa shape index (κ3) is 5.44. The average Bonchev–Trinajstić information content (AvgIpc) is 3.12. The van der Waals surface area contributed by atoms with Gasteiger partial charge in [0.25, 0.3) is 10.0 Å². The molecule has 0 aliphatic rings. The molecule has 1 heterocycles. The van der Waals surface area contributed by atoms with Gasteiger partial charge in [0.2, 0.25) is 0 Å². The van der Waals surface area contributed by atoms with Crippen LogP contribution >= 0.6 is 0 Å². The Morgan fingerprint density at radius 3 is 2.40 bits per heavy atom. The molecule has 2 rings (SSSR count). The van der Waals surface area contributed by atoms with E-state index in [-0.39, 0.29) is 11.4 Å². The first kappa shape index (κ1) is 18.7. The van der Waals surface area contributed by atoms with Crippen LogP contribution in [0.3, 0.4) is 0 Å². The van der Waals surface area contributed by atoms with Gasteiger partial charge in [0.15, 0.2) is 0 Å². The Balaban J connectivity index is 1.87. The molecular weight excluding hydrogens is 346 g/mol. The van der Waals surface area contributed by atoms with Gasteiger partial charge >= 0.3 is 11.8 Å². The van der Waals surface area contributed by atoms with E-state index in [2.05, 4.69) is 5.32 Å². The second kappa shape index (κ2) is 8.45. The Morgan fingerprint density at radius 1 is 1.08 bits per heavy atom. The molecular formula is C16H19N3O5S. The quantitative estimate of drug-likeness (QED) is 0.497. The smallest absolute Gasteiger partial charge is 0.324 e. The van der Waals surface area contributed by atoms with Gasteiger partial charge < -0.3 is 9.73 Å². The third-order valence-corrected chi connectivity index (χ3v) is 4.54. The highest BCUT2D eigenvalue weighted by molar-refractivity contribution is 7.89. The van der Waals surface area contributed by atoms with Crippen molar-refractivity contribution >= 4 is 21.8 Å². The Kier molecular flexibility index (Phi) is 6.31. The van der Waals surface area contributed by atoms with E-state index in [4.69, 9.17) is 4.42 Å². The van der Waals surface area contributed by atoms with Crippen LogP contribution in [0.1, 0.15) is 24.7 Å². The normalized spacial score (nSPS) is 11.1. The number of sulfonamides is 1. The predicted molar refractivity (Wildman–Crippen MR) is 89.5 cm³/mol. The molecule has 0 aliphatic heterocycles. The van der Waals surface area contributed by atoms with Crippen molar-refractivity contribution < 1.29 is 22.4 Å². The van der Waals surface area contributed by atoms with Crippen LogP contribution < -0.4 is 15.6 Å². The highest BCUT2D eigenvalue weighted by Gasteiger charge is 2.18. The highest BCUT2D eigenvalue weighted by atomic mass is 32.2. The van der Waals surface area contributed by atoms with Crippen molar-refractivity contribution in [1.29, 1.82) is 0 Å². The lowest BCUT2D eigenvalue weighted by Gasteiger charge is -2.09. The molecule has 0 bridgehead atoms. The average molecular weight is 365 g/mol. The van der Waals surface area contributed by atoms with Crippen LogP contribution in [0, 0.1) is 0 Å². The molecule has 0 saturated carbocycles. The molecule has 3 N–H and O–H groups in total. The lowest BCUT2D eigenvalue weighted by molar-refractivity contribution is -0.139. The van der Waals surface area contributed by atoms with Crippen molar-refractivity contribution in [2.24, 2.45) is 0 Å². The van der Waals surface area contributed by atoms with E-state index in [1.807, 2.05) is 17.2 Å². The SMILES string of the molecule is CCCc1ccc(S(=O)(=O)NNC(=O)C(=O)NCc2ccco2)cc1. The first-order valence-electron chi connectivity index (χ1n) is 7.63. The maximum atomic E-state index is 12.1. The summed E-state index contributed by atoms with van der Waals surface area (Å²) in [6.45, 7) is 2.05. The molecule has 0 radical (unpaired) electrons. The lowest BCUT2D eigenvalue weighted by atomic mass is 10.1. The Bertz CT molecular complexity index is 814. The summed E-state index contributed by atoms with van der Waals surface area (Å²) >= 11 is 0. The molecule has 0 fully saturated rings. The summed E-state index contributed by atoms with van der Waals surface area (Å²) in [5.41, 5.74) is 2.89. The lowest BCUT2D eigenvalue weighted by Crippen LogP contribution is -2.48. The van der Waals surface area contributed by atoms with Crippen LogP contribution in [0.5, 0.6) is 0 Å². The van der Waals surface area contributed by atoms with Crippen molar-refractivity contribution in [3.05, 3.63) is 54.0 Å². The first-order valence-corrected chi connectivity index (χ1v) is 9.12. The highest BCUT2D eigenvalue weighted by Crippen LogP contribution is 2.11. The number of hydrazine groups is 1. The zero-order valence-electron chi connectivity index (χ0n) is 13.6. The van der Waals surface area contributed by atoms with E-state index in [0.717, 1.165) is 18.4 Å². The first-order chi connectivity index (χ1) is 11.9. The largest absolute Gasteiger partial charge is 0.467 e. The van der Waals surface area contributed by atoms with Gasteiger partial charge in [-0.2, -0.15) is 0 Å². The second-order valence-electron chi connectivity index (χ2n) is 5.22. The number of furan rings is 1. The van der Waals surface area contributed by atoms with Crippen LogP contribution in [-0.4, -0.2) is 20.2 Å². The molecule has 134 valence electrons. The Morgan fingerprint density at radius 2 is 1.80 bits per heavy atom. The number of carbonyl (C=O) groups is 2. The number of benzene rings is 1. The zero-order valence-corrected chi connectivity index (χ0v) is 14.4. The van der Waals surface area contributed by atoms with Crippen LogP contribution in [0.25, 0.3) is 0 Å². The molecule has 2 amide bonds. The number of hydrogen-bond donors (Lipinski definition) is 3. The zero-order chi connectivity index (χ0) is 18.3. The number of hydrogen-bond acceptors (Lipinski definition) is 5. The number of aryl methyl sites for hydroxylation is 1. The number of amides is 2. The molecule has 8 nitrogen and oxygen atoms in total. The Hall–Kier alpha value is -2.65. The fourth-order valence-corrected chi connectivity index (χ4v) is 2.85. The van der Waals surface area contributed by atoms with E-state index in [1.54, 1.807) is 24.3 Å². The van der Waals surface area contributed by atoms with Gasteiger partial charge in [0.1, 0.15) is 5.76 Å². The summed E-state index contributed by atoms with van der Waals surface area (Å²) in [6, 6.07) is 9.56. The van der Waals surface area contributed by atoms with Crippen molar-refractivity contribution in [3.8, 4) is 0 Å². The summed E-state index contributed by atoms with van der Waals surface area (Å²) in [5, 5.41) is 2.30. The van der Waals surface area contributed by atoms with Crippen LogP contribution in [-0.2, 0) is 32.6 Å². The summed E-state index contributed by atoms with van der Waals surface area (Å²) in [5.74, 6) is -1.65. The van der Waals surface area contributed by atoms with Crippen molar-refractivity contribution in [2.75, 3.05) is 0 Å². The van der Waals surface area contributed by atoms with E-state index in [9.17, 15) is 18.0 Å². The summed E-state index contributed by atoms with van der Waals surface area (Å²) in [7, 11) is -3.96. The van der Waals surface area contributed by atoms with Crippen molar-refractivity contribution in [3.63, 3.8) is 0 Å². The molecule has 0 saturated heterocycles. The van der Waals surface area contributed by atoms with E-state index < -0.39 is 21.8 Å². The number of carbonyl (C=O) groups excluding carboxylic acids is 2. The maximum absolute atomic E-state index is 12.1. The van der Waals surface area contributed by atoms with Crippen LogP contribution in [0.2, 0.25) is 0 Å². The summed E-state index contributed by atoms with van der Waals surface area (Å²) in [4.78, 5) is 25.1. The van der Waals surface area contributed by atoms with Gasteiger partial charge in [0, 0.05) is 0 Å². The van der Waals surface area contributed by atoms with Gasteiger partial charge in [0.05, 0.1) is 17.7 Å². The number of rotatable bonds is 7. The van der Waals surface area contributed by atoms with Crippen molar-refractivity contribution in [1.82, 2.24) is 15.6 Å². The van der Waals surface area contributed by atoms with Crippen LogP contribution in [0.4, 0.5) is 0 Å². The maximum Gasteiger partial charge on any atom is 0.324 e. The molecule has 1 aromatic heterocycles. The second-order valence-corrected chi connectivity index (χ2v) is 6.90. The Labute approximate surface area is 145 Å². The molecule has 9 heteroatoms. The van der Waals surface area contributed by atoms with Crippen LogP contribution in [0.15, 0.2) is 52.0 Å². The van der Waals surface area contributed by atoms with E-state index in [0.29, 0.717) is 5.76 Å². The van der Waals surface area contributed by atoms with Gasteiger partial charge in [-0.15, -0.1) is 4.83 Å². The monoisotopic (exact) mass is 365 g/mol. The van der Waals surface area contributed by atoms with Gasteiger partial charge in [-0.3, -0.25) is 15.0 Å². The molecule has 0 unspecified atom stereocenters. The molecule has 0 spiro atoms. The molecule has 1 aromatic carbocycles. The van der Waals surface area contributed by atoms with E-state index >= 15 is 0 Å². The fourth-order valence-electron chi connectivity index (χ4n) is 2.01. The summed E-state index contributed by atoms with van der Waals surface area (Å²) < 4.78 is 29.2. The number of nitrogens with one attached hydrogen (secondary N) is 3. The van der Waals surface area contributed by atoms with Gasteiger partial charge in [-0.1, -0.05) is 25.5 Å². The standard InChI is InChI=1S/C16H19N3O5S/c1-2-4-12-6-8-14(9-7-12)25(22,23)19-18-16(21)15(20)17-11-13-5-3-10-24-13/h3,5-10,19H,2,4,11H2,1H3,(H,17,20)(H,18,21). The fraction of sp³-hybridized carbons (Fsp3) is 0.250. The predicted octanol–water partition coefficient (Wildman–Crippen LogP) is 0.858. The minimum absolute atomic E-state index is 0.0105. The summed E-state index contributed by atoms with van der Waals surface area (Å²) in [6.07, 6.45) is 3.23. The van der Waals surface area contributed by atoms with Gasteiger partial charge in [-0.05, 0) is 36.2 Å². The topological polar surface area (TPSA) is 118 Å². The van der Waals surface area contributed by atoms with Crippen molar-refractivity contribution in [2.45, 2.75) is 31.2 Å². The molecule has 0 atom stereocenters. The third-order valence-electron chi connectivity index (χ3n) is 3.28. The molecule has 2 aromatic rings. The minimum Gasteiger partial charge on any atom is -0.467 e. The minimum atomic E-state index is -3.96. The molecule has 25 heavy (non-hydrogen) atoms. The van der Waals surface area contributed by atoms with E-state index in [1.165, 1.54) is 18.4 Å². The van der Waals surface area contributed by atoms with Gasteiger partial charge in [-0.25, -0.2) is 8.42 Å². The molecule has 0 aliphatic carbocycles.